The summed E-state index contributed by atoms with van der Waals surface area (Å²) in [5.74, 6) is 0.0900. The van der Waals surface area contributed by atoms with Gasteiger partial charge < -0.3 is 5.32 Å². The van der Waals surface area contributed by atoms with Gasteiger partial charge in [0, 0.05) is 24.5 Å². The molecule has 0 aliphatic heterocycles. The van der Waals surface area contributed by atoms with Crippen molar-refractivity contribution >= 4 is 11.4 Å². The Kier molecular flexibility index (Phi) is 4.08. The van der Waals surface area contributed by atoms with Gasteiger partial charge in [-0.25, -0.2) is 4.98 Å². The lowest BCUT2D eigenvalue weighted by atomic mass is 10.1. The lowest BCUT2D eigenvalue weighted by Gasteiger charge is -2.09. The van der Waals surface area contributed by atoms with Crippen LogP contribution < -0.4 is 5.32 Å². The molecule has 108 valence electrons. The third-order valence-corrected chi connectivity index (χ3v) is 2.73. The first-order chi connectivity index (χ1) is 10.0. The molecule has 21 heavy (non-hydrogen) atoms. The molecule has 1 heterocycles. The number of benzene rings is 1. The van der Waals surface area contributed by atoms with Gasteiger partial charge in [0.05, 0.1) is 22.7 Å². The number of rotatable bonds is 5. The minimum atomic E-state index is -2.71. The number of hydrogen-bond acceptors (Lipinski definition) is 5. The fourth-order valence-electron chi connectivity index (χ4n) is 1.73. The Morgan fingerprint density at radius 3 is 2.90 bits per heavy atom. The Bertz CT molecular complexity index is 708. The fourth-order valence-corrected chi connectivity index (χ4v) is 1.73. The van der Waals surface area contributed by atoms with Crippen LogP contribution in [-0.2, 0) is 6.54 Å². The molecule has 1 N–H and O–H groups in total. The van der Waals surface area contributed by atoms with Gasteiger partial charge in [-0.1, -0.05) is 0 Å². The van der Waals surface area contributed by atoms with E-state index in [9.17, 15) is 18.9 Å². The molecule has 0 spiro atoms. The van der Waals surface area contributed by atoms with Gasteiger partial charge in [0.15, 0.2) is 0 Å². The largest absolute Gasteiger partial charge is 0.377 e. The van der Waals surface area contributed by atoms with Gasteiger partial charge in [-0.15, -0.1) is 0 Å². The van der Waals surface area contributed by atoms with Crippen LogP contribution >= 0.6 is 0 Å². The van der Waals surface area contributed by atoms with Crippen molar-refractivity contribution in [2.75, 3.05) is 5.32 Å². The van der Waals surface area contributed by atoms with E-state index in [-0.39, 0.29) is 23.6 Å². The summed E-state index contributed by atoms with van der Waals surface area (Å²) in [4.78, 5) is 13.8. The maximum Gasteiger partial charge on any atom is 0.319 e. The SMILES string of the molecule is N#Cc1cc([N+](=O)[O-])ccc1NCc1nccn1C(F)F. The van der Waals surface area contributed by atoms with Crippen molar-refractivity contribution < 1.29 is 13.7 Å². The van der Waals surface area contributed by atoms with Crippen LogP contribution in [0.5, 0.6) is 0 Å². The van der Waals surface area contributed by atoms with E-state index in [1.54, 1.807) is 0 Å². The first-order valence-electron chi connectivity index (χ1n) is 5.75. The zero-order chi connectivity index (χ0) is 15.4. The van der Waals surface area contributed by atoms with Crippen LogP contribution in [-0.4, -0.2) is 14.5 Å². The highest BCUT2D eigenvalue weighted by molar-refractivity contribution is 5.61. The van der Waals surface area contributed by atoms with Gasteiger partial charge >= 0.3 is 6.55 Å². The van der Waals surface area contributed by atoms with Crippen molar-refractivity contribution in [3.8, 4) is 6.07 Å². The molecule has 0 fully saturated rings. The molecular weight excluding hydrogens is 284 g/mol. The molecule has 0 atom stereocenters. The zero-order valence-corrected chi connectivity index (χ0v) is 10.5. The molecule has 0 radical (unpaired) electrons. The summed E-state index contributed by atoms with van der Waals surface area (Å²) < 4.78 is 26.0. The summed E-state index contributed by atoms with van der Waals surface area (Å²) in [6, 6.07) is 5.51. The fraction of sp³-hybridized carbons (Fsp3) is 0.167. The normalized spacial score (nSPS) is 10.4. The second-order valence-corrected chi connectivity index (χ2v) is 3.98. The quantitative estimate of drug-likeness (QED) is 0.675. The summed E-state index contributed by atoms with van der Waals surface area (Å²) in [6.07, 6.45) is 2.38. The van der Waals surface area contributed by atoms with Gasteiger partial charge in [0.25, 0.3) is 5.69 Å². The smallest absolute Gasteiger partial charge is 0.319 e. The molecule has 2 aromatic rings. The highest BCUT2D eigenvalue weighted by Gasteiger charge is 2.13. The molecule has 0 unspecified atom stereocenters. The first kappa shape index (κ1) is 14.4. The number of hydrogen-bond donors (Lipinski definition) is 1. The average Bonchev–Trinajstić information content (AvgIpc) is 2.93. The molecule has 1 aromatic carbocycles. The Labute approximate surface area is 117 Å². The number of non-ortho nitro benzene ring substituents is 1. The molecule has 0 saturated carbocycles. The van der Waals surface area contributed by atoms with Crippen molar-refractivity contribution in [2.24, 2.45) is 0 Å². The van der Waals surface area contributed by atoms with Crippen molar-refractivity contribution in [2.45, 2.75) is 13.1 Å². The average molecular weight is 293 g/mol. The molecule has 7 nitrogen and oxygen atoms in total. The summed E-state index contributed by atoms with van der Waals surface area (Å²) in [5.41, 5.74) is 0.150. The maximum absolute atomic E-state index is 12.6. The van der Waals surface area contributed by atoms with Crippen molar-refractivity contribution in [3.63, 3.8) is 0 Å². The zero-order valence-electron chi connectivity index (χ0n) is 10.5. The second kappa shape index (κ2) is 5.96. The maximum atomic E-state index is 12.6. The molecule has 0 amide bonds. The van der Waals surface area contributed by atoms with Gasteiger partial charge in [0.1, 0.15) is 11.9 Å². The van der Waals surface area contributed by atoms with E-state index in [2.05, 4.69) is 10.3 Å². The van der Waals surface area contributed by atoms with Crippen molar-refractivity contribution in [1.29, 1.82) is 5.26 Å². The van der Waals surface area contributed by atoms with Gasteiger partial charge in [-0.3, -0.25) is 14.7 Å². The van der Waals surface area contributed by atoms with E-state index in [1.807, 2.05) is 6.07 Å². The van der Waals surface area contributed by atoms with Gasteiger partial charge in [-0.2, -0.15) is 14.0 Å². The highest BCUT2D eigenvalue weighted by Crippen LogP contribution is 2.22. The third-order valence-electron chi connectivity index (χ3n) is 2.73. The summed E-state index contributed by atoms with van der Waals surface area (Å²) in [6.45, 7) is -2.75. The van der Waals surface area contributed by atoms with Crippen LogP contribution in [0.2, 0.25) is 0 Å². The van der Waals surface area contributed by atoms with E-state index in [0.29, 0.717) is 10.3 Å². The number of imidazole rings is 1. The number of aromatic nitrogens is 2. The van der Waals surface area contributed by atoms with E-state index < -0.39 is 11.5 Å². The van der Waals surface area contributed by atoms with Crippen LogP contribution in [0.3, 0.4) is 0 Å². The minimum Gasteiger partial charge on any atom is -0.377 e. The molecule has 9 heteroatoms. The molecule has 2 rings (SSSR count). The number of anilines is 1. The van der Waals surface area contributed by atoms with Gasteiger partial charge in [-0.05, 0) is 6.07 Å². The van der Waals surface area contributed by atoms with Crippen molar-refractivity contribution in [1.82, 2.24) is 9.55 Å². The summed E-state index contributed by atoms with van der Waals surface area (Å²) in [7, 11) is 0. The number of nitrogens with zero attached hydrogens (tertiary/aromatic N) is 4. The molecular formula is C12H9F2N5O2. The third kappa shape index (κ3) is 3.11. The predicted molar refractivity (Wildman–Crippen MR) is 68.6 cm³/mol. The first-order valence-corrected chi connectivity index (χ1v) is 5.75. The van der Waals surface area contributed by atoms with Crippen LogP contribution in [0.4, 0.5) is 20.2 Å². The van der Waals surface area contributed by atoms with Crippen LogP contribution in [0.1, 0.15) is 17.9 Å². The molecule has 0 aliphatic carbocycles. The number of alkyl halides is 2. The number of halogens is 2. The molecule has 0 bridgehead atoms. The molecule has 1 aromatic heterocycles. The number of nitrogens with one attached hydrogen (secondary N) is 1. The van der Waals surface area contributed by atoms with E-state index >= 15 is 0 Å². The van der Waals surface area contributed by atoms with Crippen molar-refractivity contribution in [3.05, 3.63) is 52.1 Å². The van der Waals surface area contributed by atoms with E-state index in [4.69, 9.17) is 5.26 Å². The molecule has 0 saturated heterocycles. The predicted octanol–water partition coefficient (Wildman–Crippen LogP) is 2.67. The van der Waals surface area contributed by atoms with Crippen LogP contribution in [0, 0.1) is 21.4 Å². The number of nitro benzene ring substituents is 1. The number of nitriles is 1. The Balaban J connectivity index is 2.19. The van der Waals surface area contributed by atoms with E-state index in [0.717, 1.165) is 12.3 Å². The Morgan fingerprint density at radius 2 is 2.29 bits per heavy atom. The highest BCUT2D eigenvalue weighted by atomic mass is 19.3. The number of nitro groups is 1. The van der Waals surface area contributed by atoms with Crippen LogP contribution in [0.25, 0.3) is 0 Å². The van der Waals surface area contributed by atoms with Gasteiger partial charge in [0.2, 0.25) is 0 Å². The Morgan fingerprint density at radius 1 is 1.52 bits per heavy atom. The lowest BCUT2D eigenvalue weighted by Crippen LogP contribution is -2.09. The topological polar surface area (TPSA) is 96.8 Å². The summed E-state index contributed by atoms with van der Waals surface area (Å²) in [5, 5.41) is 22.4. The van der Waals surface area contributed by atoms with Crippen LogP contribution in [0.15, 0.2) is 30.6 Å². The molecule has 0 aliphatic rings. The standard InChI is InChI=1S/C12H9F2N5O2/c13-12(14)18-4-3-16-11(18)7-17-10-2-1-9(19(20)21)5-8(10)6-15/h1-5,12,17H,7H2. The summed E-state index contributed by atoms with van der Waals surface area (Å²) >= 11 is 0. The minimum absolute atomic E-state index is 0.0379. The monoisotopic (exact) mass is 293 g/mol. The van der Waals surface area contributed by atoms with E-state index in [1.165, 1.54) is 18.3 Å². The Hall–Kier alpha value is -3.02. The lowest BCUT2D eigenvalue weighted by molar-refractivity contribution is -0.384. The second-order valence-electron chi connectivity index (χ2n) is 3.98.